The Hall–Kier alpha value is -1.18. The Labute approximate surface area is 97.6 Å². The van der Waals surface area contributed by atoms with E-state index < -0.39 is 0 Å². The first-order valence-electron chi connectivity index (χ1n) is 6.07. The molecule has 0 amide bonds. The Bertz CT molecular complexity index is 419. The van der Waals surface area contributed by atoms with Crippen LogP contribution in [0.1, 0.15) is 49.6 Å². The molecule has 0 saturated carbocycles. The summed E-state index contributed by atoms with van der Waals surface area (Å²) in [4.78, 5) is 4.50. The van der Waals surface area contributed by atoms with Crippen LogP contribution in [0.3, 0.4) is 0 Å². The molecule has 0 spiro atoms. The molecule has 16 heavy (non-hydrogen) atoms. The van der Waals surface area contributed by atoms with Gasteiger partial charge < -0.3 is 5.41 Å². The summed E-state index contributed by atoms with van der Waals surface area (Å²) in [6, 6.07) is 0. The van der Waals surface area contributed by atoms with Crippen molar-refractivity contribution >= 4 is 6.21 Å². The average Bonchev–Trinajstić information content (AvgIpc) is 2.26. The minimum Gasteiger partial charge on any atom is -0.308 e. The molecule has 0 aliphatic heterocycles. The molecule has 1 N–H and O–H groups in total. The summed E-state index contributed by atoms with van der Waals surface area (Å²) < 4.78 is 0. The lowest BCUT2D eigenvalue weighted by Gasteiger charge is -2.33. The van der Waals surface area contributed by atoms with Crippen molar-refractivity contribution in [1.82, 2.24) is 4.98 Å². The van der Waals surface area contributed by atoms with E-state index in [1.54, 1.807) is 0 Å². The predicted octanol–water partition coefficient (Wildman–Crippen LogP) is 3.16. The Kier molecular flexibility index (Phi) is 2.83. The largest absolute Gasteiger partial charge is 0.308 e. The molecule has 2 nitrogen and oxygen atoms in total. The van der Waals surface area contributed by atoms with Gasteiger partial charge in [-0.05, 0) is 42.2 Å². The lowest BCUT2D eigenvalue weighted by molar-refractivity contribution is 0.313. The van der Waals surface area contributed by atoms with E-state index in [0.717, 1.165) is 24.8 Å². The normalized spacial score (nSPS) is 17.9. The molecule has 1 aromatic rings. The molecule has 1 aliphatic rings. The zero-order chi connectivity index (χ0) is 11.8. The number of pyridine rings is 1. The highest BCUT2D eigenvalue weighted by Gasteiger charge is 2.28. The molecule has 1 aromatic heterocycles. The van der Waals surface area contributed by atoms with Crippen molar-refractivity contribution < 1.29 is 0 Å². The van der Waals surface area contributed by atoms with Crippen LogP contribution in [-0.2, 0) is 19.3 Å². The van der Waals surface area contributed by atoms with Crippen LogP contribution < -0.4 is 0 Å². The quantitative estimate of drug-likeness (QED) is 0.757. The van der Waals surface area contributed by atoms with Crippen molar-refractivity contribution in [3.63, 3.8) is 0 Å². The number of hydrogen-bond donors (Lipinski definition) is 1. The maximum Gasteiger partial charge on any atom is 0.0436 e. The third-order valence-electron chi connectivity index (χ3n) is 3.62. The summed E-state index contributed by atoms with van der Waals surface area (Å²) in [7, 11) is 0. The Morgan fingerprint density at radius 1 is 1.44 bits per heavy atom. The maximum absolute atomic E-state index is 7.45. The van der Waals surface area contributed by atoms with Crippen molar-refractivity contribution in [1.29, 1.82) is 5.41 Å². The monoisotopic (exact) mass is 216 g/mol. The van der Waals surface area contributed by atoms with E-state index in [1.807, 2.05) is 6.20 Å². The molecule has 0 unspecified atom stereocenters. The highest BCUT2D eigenvalue weighted by atomic mass is 14.7. The van der Waals surface area contributed by atoms with Gasteiger partial charge in [0.2, 0.25) is 0 Å². The summed E-state index contributed by atoms with van der Waals surface area (Å²) in [6.07, 6.45) is 7.74. The summed E-state index contributed by atoms with van der Waals surface area (Å²) in [6.45, 7) is 6.81. The predicted molar refractivity (Wildman–Crippen MR) is 67.3 cm³/mol. The molecule has 2 heteroatoms. The molecule has 0 atom stereocenters. The van der Waals surface area contributed by atoms with E-state index in [9.17, 15) is 0 Å². The lowest BCUT2D eigenvalue weighted by Crippen LogP contribution is -2.25. The molecule has 0 radical (unpaired) electrons. The lowest BCUT2D eigenvalue weighted by atomic mass is 9.73. The standard InChI is InChI=1S/C14H20N2/c1-4-13-12-7-14(2,3)6-5-11(12)10(8-15)9-16-13/h8-9,15H,4-7H2,1-3H3. The summed E-state index contributed by atoms with van der Waals surface area (Å²) in [5.74, 6) is 0. The second-order valence-electron chi connectivity index (χ2n) is 5.46. The van der Waals surface area contributed by atoms with E-state index in [2.05, 4.69) is 25.8 Å². The van der Waals surface area contributed by atoms with Gasteiger partial charge in [-0.3, -0.25) is 4.98 Å². The molecule has 0 aromatic carbocycles. The van der Waals surface area contributed by atoms with Crippen LogP contribution in [0.25, 0.3) is 0 Å². The number of rotatable bonds is 2. The zero-order valence-corrected chi connectivity index (χ0v) is 10.4. The van der Waals surface area contributed by atoms with E-state index in [4.69, 9.17) is 5.41 Å². The summed E-state index contributed by atoms with van der Waals surface area (Å²) >= 11 is 0. The first kappa shape index (κ1) is 11.3. The van der Waals surface area contributed by atoms with Crippen LogP contribution in [0.4, 0.5) is 0 Å². The molecule has 2 rings (SSSR count). The fourth-order valence-corrected chi connectivity index (χ4v) is 2.62. The van der Waals surface area contributed by atoms with Crippen molar-refractivity contribution in [2.24, 2.45) is 5.41 Å². The van der Waals surface area contributed by atoms with Gasteiger partial charge in [-0.2, -0.15) is 0 Å². The fraction of sp³-hybridized carbons (Fsp3) is 0.571. The second kappa shape index (κ2) is 4.00. The van der Waals surface area contributed by atoms with Gasteiger partial charge in [0, 0.05) is 23.7 Å². The summed E-state index contributed by atoms with van der Waals surface area (Å²) in [5, 5.41) is 7.45. The molecular formula is C14H20N2. The Balaban J connectivity index is 2.54. The highest BCUT2D eigenvalue weighted by molar-refractivity contribution is 5.79. The molecule has 1 aliphatic carbocycles. The van der Waals surface area contributed by atoms with Crippen LogP contribution in [0.15, 0.2) is 6.20 Å². The van der Waals surface area contributed by atoms with Gasteiger partial charge in [-0.15, -0.1) is 0 Å². The van der Waals surface area contributed by atoms with E-state index >= 15 is 0 Å². The van der Waals surface area contributed by atoms with Gasteiger partial charge in [-0.1, -0.05) is 20.8 Å². The molecular weight excluding hydrogens is 196 g/mol. The molecule has 1 heterocycles. The zero-order valence-electron chi connectivity index (χ0n) is 10.4. The Morgan fingerprint density at radius 3 is 2.81 bits per heavy atom. The molecule has 86 valence electrons. The first-order chi connectivity index (χ1) is 7.57. The number of fused-ring (bicyclic) bond motifs is 1. The van der Waals surface area contributed by atoms with Crippen LogP contribution in [-0.4, -0.2) is 11.2 Å². The SMILES string of the molecule is CCc1ncc(C=N)c2c1CC(C)(C)CC2. The second-order valence-corrected chi connectivity index (χ2v) is 5.46. The number of nitrogens with zero attached hydrogens (tertiary/aromatic N) is 1. The van der Waals surface area contributed by atoms with Gasteiger partial charge in [0.1, 0.15) is 0 Å². The van der Waals surface area contributed by atoms with Crippen molar-refractivity contribution in [2.45, 2.75) is 46.5 Å². The number of hydrogen-bond acceptors (Lipinski definition) is 2. The smallest absolute Gasteiger partial charge is 0.0436 e. The van der Waals surface area contributed by atoms with Gasteiger partial charge in [0.25, 0.3) is 0 Å². The van der Waals surface area contributed by atoms with Crippen molar-refractivity contribution in [2.75, 3.05) is 0 Å². The Morgan fingerprint density at radius 2 is 2.19 bits per heavy atom. The van der Waals surface area contributed by atoms with E-state index in [0.29, 0.717) is 5.41 Å². The van der Waals surface area contributed by atoms with Gasteiger partial charge >= 0.3 is 0 Å². The number of nitrogens with one attached hydrogen (secondary N) is 1. The van der Waals surface area contributed by atoms with Crippen molar-refractivity contribution in [3.8, 4) is 0 Å². The minimum absolute atomic E-state index is 0.388. The van der Waals surface area contributed by atoms with Crippen LogP contribution in [0.2, 0.25) is 0 Å². The van der Waals surface area contributed by atoms with E-state index in [-0.39, 0.29) is 0 Å². The third-order valence-corrected chi connectivity index (χ3v) is 3.62. The highest BCUT2D eigenvalue weighted by Crippen LogP contribution is 2.36. The van der Waals surface area contributed by atoms with Gasteiger partial charge in [0.15, 0.2) is 0 Å². The molecule has 0 bridgehead atoms. The average molecular weight is 216 g/mol. The fourth-order valence-electron chi connectivity index (χ4n) is 2.62. The topological polar surface area (TPSA) is 36.7 Å². The van der Waals surface area contributed by atoms with Gasteiger partial charge in [0.05, 0.1) is 0 Å². The number of aromatic nitrogens is 1. The third kappa shape index (κ3) is 1.89. The van der Waals surface area contributed by atoms with Crippen LogP contribution in [0, 0.1) is 10.8 Å². The van der Waals surface area contributed by atoms with Crippen LogP contribution >= 0.6 is 0 Å². The minimum atomic E-state index is 0.388. The maximum atomic E-state index is 7.45. The van der Waals surface area contributed by atoms with E-state index in [1.165, 1.54) is 29.5 Å². The van der Waals surface area contributed by atoms with Crippen LogP contribution in [0.5, 0.6) is 0 Å². The van der Waals surface area contributed by atoms with Gasteiger partial charge in [-0.25, -0.2) is 0 Å². The first-order valence-corrected chi connectivity index (χ1v) is 6.07. The van der Waals surface area contributed by atoms with Crippen molar-refractivity contribution in [3.05, 3.63) is 28.6 Å². The molecule has 0 fully saturated rings. The summed E-state index contributed by atoms with van der Waals surface area (Å²) in [5.41, 5.74) is 5.43. The number of aryl methyl sites for hydroxylation is 1. The molecule has 0 saturated heterocycles.